The van der Waals surface area contributed by atoms with Crippen molar-refractivity contribution < 1.29 is 23.7 Å². The lowest BCUT2D eigenvalue weighted by molar-refractivity contribution is -0.139. The Morgan fingerprint density at radius 2 is 1.79 bits per heavy atom. The predicted molar refractivity (Wildman–Crippen MR) is 167 cm³/mol. The van der Waals surface area contributed by atoms with Crippen molar-refractivity contribution in [3.8, 4) is 17.2 Å². The van der Waals surface area contributed by atoms with E-state index in [0.717, 1.165) is 16.7 Å². The molecule has 0 saturated carbocycles. The van der Waals surface area contributed by atoms with E-state index in [9.17, 15) is 9.59 Å². The minimum absolute atomic E-state index is 0.204. The third-order valence-corrected chi connectivity index (χ3v) is 8.20. The number of aromatic nitrogens is 1. The van der Waals surface area contributed by atoms with Crippen LogP contribution in [0.3, 0.4) is 0 Å². The molecule has 43 heavy (non-hydrogen) atoms. The molecule has 1 aliphatic rings. The number of allylic oxidation sites excluding steroid dienone is 1. The average molecular weight is 619 g/mol. The number of esters is 1. The second kappa shape index (κ2) is 13.3. The first kappa shape index (κ1) is 30.1. The molecule has 0 amide bonds. The summed E-state index contributed by atoms with van der Waals surface area (Å²) in [7, 11) is 1.56. The number of hydrogen-bond acceptors (Lipinski definition) is 8. The number of rotatable bonds is 10. The Bertz CT molecular complexity index is 1860. The fraction of sp³-hybridized carbons (Fsp3) is 0.242. The van der Waals surface area contributed by atoms with Crippen LogP contribution in [0.15, 0.2) is 87.8 Å². The number of halogens is 1. The molecule has 0 radical (unpaired) electrons. The van der Waals surface area contributed by atoms with E-state index in [0.29, 0.717) is 49.5 Å². The summed E-state index contributed by atoms with van der Waals surface area (Å²) in [5, 5.41) is 0.623. The fourth-order valence-corrected chi connectivity index (χ4v) is 6.07. The van der Waals surface area contributed by atoms with Gasteiger partial charge in [-0.3, -0.25) is 9.36 Å². The third kappa shape index (κ3) is 6.38. The Balaban J connectivity index is 1.54. The zero-order chi connectivity index (χ0) is 30.5. The maximum atomic E-state index is 13.9. The van der Waals surface area contributed by atoms with Crippen molar-refractivity contribution in [2.75, 3.05) is 20.3 Å². The van der Waals surface area contributed by atoms with Crippen molar-refractivity contribution in [2.45, 2.75) is 33.4 Å². The second-order valence-corrected chi connectivity index (χ2v) is 11.0. The summed E-state index contributed by atoms with van der Waals surface area (Å²) in [6, 6.07) is 19.6. The van der Waals surface area contributed by atoms with E-state index in [-0.39, 0.29) is 18.8 Å². The smallest absolute Gasteiger partial charge is 0.338 e. The van der Waals surface area contributed by atoms with Crippen LogP contribution in [0.2, 0.25) is 5.02 Å². The molecule has 1 unspecified atom stereocenters. The van der Waals surface area contributed by atoms with Gasteiger partial charge in [0, 0.05) is 10.6 Å². The highest BCUT2D eigenvalue weighted by Crippen LogP contribution is 2.32. The van der Waals surface area contributed by atoms with Gasteiger partial charge in [0.15, 0.2) is 16.3 Å². The maximum Gasteiger partial charge on any atom is 0.338 e. The molecule has 4 aromatic rings. The van der Waals surface area contributed by atoms with E-state index in [2.05, 4.69) is 4.99 Å². The Labute approximate surface area is 258 Å². The average Bonchev–Trinajstić information content (AvgIpc) is 3.30. The number of fused-ring (bicyclic) bond motifs is 1. The molecule has 222 valence electrons. The zero-order valence-corrected chi connectivity index (χ0v) is 25.8. The fourth-order valence-electron chi connectivity index (χ4n) is 4.84. The summed E-state index contributed by atoms with van der Waals surface area (Å²) in [5.41, 5.74) is 2.91. The minimum Gasteiger partial charge on any atom is -0.494 e. The molecular formula is C33H31ClN2O6S. The van der Waals surface area contributed by atoms with Gasteiger partial charge in [-0.1, -0.05) is 59.3 Å². The first-order valence-electron chi connectivity index (χ1n) is 13.8. The standard InChI is InChI=1S/C33H31ClN2O6S/c1-5-40-24-14-12-22(13-15-24)30-29(32(38)41-6-2)20(3)35-33-36(30)31(37)28(43-33)18-21-11-16-26(27(17-21)39-4)42-19-23-9-7-8-10-25(23)34/h7-18,30H,5-6,19H2,1-4H3/b28-18-. The highest BCUT2D eigenvalue weighted by Gasteiger charge is 2.33. The van der Waals surface area contributed by atoms with Crippen LogP contribution in [0.5, 0.6) is 17.2 Å². The number of carbonyl (C=O) groups excluding carboxylic acids is 1. The van der Waals surface area contributed by atoms with Crippen LogP contribution in [-0.2, 0) is 16.1 Å². The summed E-state index contributed by atoms with van der Waals surface area (Å²) in [4.78, 5) is 32.2. The highest BCUT2D eigenvalue weighted by molar-refractivity contribution is 7.07. The summed E-state index contributed by atoms with van der Waals surface area (Å²) in [6.07, 6.45) is 1.78. The molecule has 10 heteroatoms. The summed E-state index contributed by atoms with van der Waals surface area (Å²) < 4.78 is 24.6. The van der Waals surface area contributed by atoms with Crippen LogP contribution in [-0.4, -0.2) is 30.9 Å². The summed E-state index contributed by atoms with van der Waals surface area (Å²) in [5.74, 6) is 1.26. The van der Waals surface area contributed by atoms with Crippen LogP contribution >= 0.6 is 22.9 Å². The van der Waals surface area contributed by atoms with Crippen LogP contribution in [0, 0.1) is 0 Å². The largest absolute Gasteiger partial charge is 0.494 e. The number of nitrogens with zero attached hydrogens (tertiary/aromatic N) is 2. The van der Waals surface area contributed by atoms with E-state index in [1.165, 1.54) is 11.3 Å². The van der Waals surface area contributed by atoms with E-state index in [1.54, 1.807) is 43.7 Å². The summed E-state index contributed by atoms with van der Waals surface area (Å²) >= 11 is 7.52. The van der Waals surface area contributed by atoms with Crippen LogP contribution < -0.4 is 29.1 Å². The van der Waals surface area contributed by atoms with Crippen molar-refractivity contribution in [3.63, 3.8) is 0 Å². The minimum atomic E-state index is -0.705. The molecule has 8 nitrogen and oxygen atoms in total. The Hall–Kier alpha value is -4.34. The van der Waals surface area contributed by atoms with Crippen LogP contribution in [0.25, 0.3) is 6.08 Å². The van der Waals surface area contributed by atoms with Gasteiger partial charge in [-0.25, -0.2) is 9.79 Å². The predicted octanol–water partition coefficient (Wildman–Crippen LogP) is 5.44. The molecule has 0 saturated heterocycles. The number of methoxy groups -OCH3 is 1. The Kier molecular flexibility index (Phi) is 9.33. The number of carbonyl (C=O) groups is 1. The lowest BCUT2D eigenvalue weighted by atomic mass is 9.96. The topological polar surface area (TPSA) is 88.4 Å². The van der Waals surface area contributed by atoms with Crippen molar-refractivity contribution >= 4 is 35.0 Å². The molecule has 1 aromatic heterocycles. The Morgan fingerprint density at radius 1 is 1.02 bits per heavy atom. The van der Waals surface area contributed by atoms with Crippen LogP contribution in [0.4, 0.5) is 0 Å². The third-order valence-electron chi connectivity index (χ3n) is 6.85. The molecule has 0 fully saturated rings. The first-order chi connectivity index (χ1) is 20.8. The van der Waals surface area contributed by atoms with Gasteiger partial charge >= 0.3 is 5.97 Å². The molecular weight excluding hydrogens is 588 g/mol. The van der Waals surface area contributed by atoms with E-state index < -0.39 is 12.0 Å². The second-order valence-electron chi connectivity index (χ2n) is 9.59. The highest BCUT2D eigenvalue weighted by atomic mass is 35.5. The van der Waals surface area contributed by atoms with Gasteiger partial charge in [-0.2, -0.15) is 0 Å². The van der Waals surface area contributed by atoms with Crippen molar-refractivity contribution in [2.24, 2.45) is 4.99 Å². The van der Waals surface area contributed by atoms with Gasteiger partial charge in [-0.05, 0) is 68.3 Å². The zero-order valence-electron chi connectivity index (χ0n) is 24.3. The molecule has 0 spiro atoms. The van der Waals surface area contributed by atoms with Crippen molar-refractivity contribution in [1.29, 1.82) is 0 Å². The number of hydrogen-bond donors (Lipinski definition) is 0. The van der Waals surface area contributed by atoms with Crippen LogP contribution in [0.1, 0.15) is 43.5 Å². The van der Waals surface area contributed by atoms with Gasteiger partial charge < -0.3 is 18.9 Å². The summed E-state index contributed by atoms with van der Waals surface area (Å²) in [6.45, 7) is 6.43. The van der Waals surface area contributed by atoms with E-state index >= 15 is 0 Å². The quantitative estimate of drug-likeness (QED) is 0.220. The van der Waals surface area contributed by atoms with Gasteiger partial charge in [-0.15, -0.1) is 0 Å². The lowest BCUT2D eigenvalue weighted by Gasteiger charge is -2.24. The van der Waals surface area contributed by atoms with Gasteiger partial charge in [0.05, 0.1) is 42.2 Å². The number of thiazole rings is 1. The molecule has 2 heterocycles. The lowest BCUT2D eigenvalue weighted by Crippen LogP contribution is -2.39. The van der Waals surface area contributed by atoms with E-state index in [1.807, 2.05) is 61.5 Å². The van der Waals surface area contributed by atoms with Gasteiger partial charge in [0.2, 0.25) is 0 Å². The van der Waals surface area contributed by atoms with Crippen molar-refractivity contribution in [3.05, 3.63) is 119 Å². The molecule has 5 rings (SSSR count). The normalized spacial score (nSPS) is 14.6. The maximum absolute atomic E-state index is 13.9. The molecule has 3 aromatic carbocycles. The Morgan fingerprint density at radius 3 is 2.49 bits per heavy atom. The van der Waals surface area contributed by atoms with Gasteiger partial charge in [0.1, 0.15) is 12.4 Å². The molecule has 0 N–H and O–H groups in total. The molecule has 0 bridgehead atoms. The van der Waals surface area contributed by atoms with Gasteiger partial charge in [0.25, 0.3) is 5.56 Å². The number of ether oxygens (including phenoxy) is 4. The SMILES string of the molecule is CCOC(=O)C1=C(C)N=c2s/c(=C\c3ccc(OCc4ccccc4Cl)c(OC)c3)c(=O)n2C1c1ccc(OCC)cc1. The van der Waals surface area contributed by atoms with Crippen molar-refractivity contribution in [1.82, 2.24) is 4.57 Å². The van der Waals surface area contributed by atoms with E-state index in [4.69, 9.17) is 30.5 Å². The number of benzene rings is 3. The molecule has 1 atom stereocenters. The molecule has 1 aliphatic heterocycles. The first-order valence-corrected chi connectivity index (χ1v) is 15.0. The monoisotopic (exact) mass is 618 g/mol. The molecule has 0 aliphatic carbocycles.